The van der Waals surface area contributed by atoms with Crippen LogP contribution >= 0.6 is 0 Å². The second kappa shape index (κ2) is 12.1. The minimum atomic E-state index is -0.971. The molecule has 1 aliphatic heterocycles. The summed E-state index contributed by atoms with van der Waals surface area (Å²) in [6.07, 6.45) is 1.49. The molecule has 1 atom stereocenters. The van der Waals surface area contributed by atoms with Crippen LogP contribution in [0.1, 0.15) is 34.1 Å². The summed E-state index contributed by atoms with van der Waals surface area (Å²) in [5.74, 6) is 0.183. The molecule has 1 unspecified atom stereocenters. The summed E-state index contributed by atoms with van der Waals surface area (Å²) in [6.45, 7) is 2.40. The van der Waals surface area contributed by atoms with E-state index in [0.717, 1.165) is 11.1 Å². The highest BCUT2D eigenvalue weighted by Gasteiger charge is 2.47. The number of hydrogen-bond acceptors (Lipinski definition) is 8. The van der Waals surface area contributed by atoms with Crippen molar-refractivity contribution in [2.75, 3.05) is 21.3 Å². The predicted octanol–water partition coefficient (Wildman–Crippen LogP) is 5.81. The zero-order chi connectivity index (χ0) is 29.8. The van der Waals surface area contributed by atoms with Gasteiger partial charge in [0.1, 0.15) is 23.9 Å². The van der Waals surface area contributed by atoms with Crippen molar-refractivity contribution in [3.05, 3.63) is 113 Å². The standard InChI is InChI=1S/C33H31NO8/c1-20-7-5-8-21(15-20)19-42-24-12-10-22(11-13-24)30(35)28-29(23-16-26(38-2)32(40-4)27(17-23)39-3)34(33(37)31(28)36)18-25-9-6-14-41-25/h5-17,29,35H,18-19H2,1-4H3. The van der Waals surface area contributed by atoms with Crippen LogP contribution in [-0.2, 0) is 22.7 Å². The summed E-state index contributed by atoms with van der Waals surface area (Å²) >= 11 is 0. The van der Waals surface area contributed by atoms with Crippen LogP contribution in [0.2, 0.25) is 0 Å². The number of amides is 1. The largest absolute Gasteiger partial charge is 0.507 e. The lowest BCUT2D eigenvalue weighted by atomic mass is 9.94. The predicted molar refractivity (Wildman–Crippen MR) is 155 cm³/mol. The van der Waals surface area contributed by atoms with Crippen molar-refractivity contribution in [3.8, 4) is 23.0 Å². The molecular weight excluding hydrogens is 538 g/mol. The maximum Gasteiger partial charge on any atom is 0.296 e. The highest BCUT2D eigenvalue weighted by molar-refractivity contribution is 6.46. The number of furan rings is 1. The Morgan fingerprint density at radius 2 is 1.62 bits per heavy atom. The topological polar surface area (TPSA) is 108 Å². The Labute approximate surface area is 243 Å². The first-order valence-corrected chi connectivity index (χ1v) is 13.2. The Morgan fingerprint density at radius 3 is 2.21 bits per heavy atom. The molecular formula is C33H31NO8. The third-order valence-electron chi connectivity index (χ3n) is 7.06. The number of Topliss-reactive ketones (excluding diaryl/α,β-unsaturated/α-hetero) is 1. The Hall–Kier alpha value is -5.18. The smallest absolute Gasteiger partial charge is 0.296 e. The Kier molecular flexibility index (Phi) is 8.19. The molecule has 42 heavy (non-hydrogen) atoms. The number of nitrogens with zero attached hydrogens (tertiary/aromatic N) is 1. The molecule has 9 nitrogen and oxygen atoms in total. The lowest BCUT2D eigenvalue weighted by Gasteiger charge is -2.26. The van der Waals surface area contributed by atoms with E-state index in [1.54, 1.807) is 48.5 Å². The molecule has 1 fully saturated rings. The van der Waals surface area contributed by atoms with E-state index in [1.165, 1.54) is 32.5 Å². The van der Waals surface area contributed by atoms with Crippen molar-refractivity contribution in [1.29, 1.82) is 0 Å². The summed E-state index contributed by atoms with van der Waals surface area (Å²) < 4.78 is 27.9. The number of carbonyl (C=O) groups is 2. The number of benzene rings is 3. The number of hydrogen-bond donors (Lipinski definition) is 1. The number of aliphatic hydroxyl groups excluding tert-OH is 1. The number of carbonyl (C=O) groups excluding carboxylic acids is 2. The van der Waals surface area contributed by atoms with Crippen molar-refractivity contribution in [3.63, 3.8) is 0 Å². The fraction of sp³-hybridized carbons (Fsp3) is 0.212. The highest BCUT2D eigenvalue weighted by atomic mass is 16.5. The van der Waals surface area contributed by atoms with Gasteiger partial charge < -0.3 is 33.4 Å². The molecule has 3 aromatic carbocycles. The van der Waals surface area contributed by atoms with E-state index >= 15 is 0 Å². The number of likely N-dealkylation sites (tertiary alicyclic amines) is 1. The minimum absolute atomic E-state index is 0.00141. The molecule has 5 rings (SSSR count). The summed E-state index contributed by atoms with van der Waals surface area (Å²) in [6, 6.07) is 20.5. The first kappa shape index (κ1) is 28.4. The molecule has 0 spiro atoms. The third kappa shape index (κ3) is 5.54. The highest BCUT2D eigenvalue weighted by Crippen LogP contribution is 2.46. The molecule has 1 aliphatic rings. The van der Waals surface area contributed by atoms with Gasteiger partial charge >= 0.3 is 0 Å². The first-order valence-electron chi connectivity index (χ1n) is 13.2. The second-order valence-electron chi connectivity index (χ2n) is 9.77. The van der Waals surface area contributed by atoms with E-state index < -0.39 is 17.7 Å². The van der Waals surface area contributed by atoms with E-state index in [9.17, 15) is 14.7 Å². The maximum atomic E-state index is 13.5. The SMILES string of the molecule is COc1cc(C2C(=C(O)c3ccc(OCc4cccc(C)c4)cc3)C(=O)C(=O)N2Cc2ccco2)cc(OC)c1OC. The molecule has 9 heteroatoms. The van der Waals surface area contributed by atoms with Crippen LogP contribution in [0.3, 0.4) is 0 Å². The van der Waals surface area contributed by atoms with Gasteiger partial charge in [0.15, 0.2) is 11.5 Å². The van der Waals surface area contributed by atoms with Crippen molar-refractivity contribution in [2.24, 2.45) is 0 Å². The van der Waals surface area contributed by atoms with Gasteiger partial charge in [0.2, 0.25) is 5.75 Å². The number of aliphatic hydroxyl groups is 1. The van der Waals surface area contributed by atoms with Crippen LogP contribution < -0.4 is 18.9 Å². The van der Waals surface area contributed by atoms with Gasteiger partial charge in [-0.05, 0) is 66.6 Å². The maximum absolute atomic E-state index is 13.5. The Balaban J connectivity index is 1.54. The Morgan fingerprint density at radius 1 is 0.905 bits per heavy atom. The van der Waals surface area contributed by atoms with Gasteiger partial charge in [-0.3, -0.25) is 9.59 Å². The van der Waals surface area contributed by atoms with Gasteiger partial charge in [0.05, 0.1) is 45.8 Å². The van der Waals surface area contributed by atoms with Gasteiger partial charge in [0, 0.05) is 5.56 Å². The van der Waals surface area contributed by atoms with E-state index in [2.05, 4.69) is 0 Å². The van der Waals surface area contributed by atoms with Gasteiger partial charge in [0.25, 0.3) is 11.7 Å². The van der Waals surface area contributed by atoms with Crippen molar-refractivity contribution >= 4 is 17.4 Å². The number of rotatable bonds is 10. The molecule has 0 saturated carbocycles. The van der Waals surface area contributed by atoms with Crippen molar-refractivity contribution < 1.29 is 38.1 Å². The van der Waals surface area contributed by atoms with E-state index in [-0.39, 0.29) is 17.9 Å². The fourth-order valence-electron chi connectivity index (χ4n) is 5.05. The molecule has 1 aromatic heterocycles. The molecule has 2 heterocycles. The summed E-state index contributed by atoms with van der Waals surface area (Å²) in [7, 11) is 4.43. The van der Waals surface area contributed by atoms with E-state index in [1.807, 2.05) is 31.2 Å². The number of ketones is 1. The van der Waals surface area contributed by atoms with Crippen LogP contribution in [0.25, 0.3) is 5.76 Å². The van der Waals surface area contributed by atoms with E-state index in [0.29, 0.717) is 46.5 Å². The Bertz CT molecular complexity index is 1600. The van der Waals surface area contributed by atoms with Crippen LogP contribution in [0.5, 0.6) is 23.0 Å². The molecule has 1 saturated heterocycles. The van der Waals surface area contributed by atoms with Gasteiger partial charge in [-0.25, -0.2) is 0 Å². The molecule has 1 amide bonds. The average molecular weight is 570 g/mol. The van der Waals surface area contributed by atoms with Crippen LogP contribution in [0, 0.1) is 6.92 Å². The fourth-order valence-corrected chi connectivity index (χ4v) is 5.05. The van der Waals surface area contributed by atoms with Crippen LogP contribution in [0.4, 0.5) is 0 Å². The van der Waals surface area contributed by atoms with Gasteiger partial charge in [-0.2, -0.15) is 0 Å². The molecule has 216 valence electrons. The summed E-state index contributed by atoms with van der Waals surface area (Å²) in [4.78, 5) is 28.2. The number of ether oxygens (including phenoxy) is 4. The molecule has 0 radical (unpaired) electrons. The summed E-state index contributed by atoms with van der Waals surface area (Å²) in [5.41, 5.74) is 2.93. The van der Waals surface area contributed by atoms with Crippen molar-refractivity contribution in [1.82, 2.24) is 4.90 Å². The minimum Gasteiger partial charge on any atom is -0.507 e. The molecule has 1 N–H and O–H groups in total. The zero-order valence-electron chi connectivity index (χ0n) is 23.7. The molecule has 0 bridgehead atoms. The van der Waals surface area contributed by atoms with Gasteiger partial charge in [-0.1, -0.05) is 29.8 Å². The monoisotopic (exact) mass is 569 g/mol. The first-order chi connectivity index (χ1) is 20.3. The zero-order valence-corrected chi connectivity index (χ0v) is 23.7. The van der Waals surface area contributed by atoms with Crippen LogP contribution in [0.15, 0.2) is 89.0 Å². The molecule has 0 aliphatic carbocycles. The van der Waals surface area contributed by atoms with Crippen molar-refractivity contribution in [2.45, 2.75) is 26.1 Å². The lowest BCUT2D eigenvalue weighted by molar-refractivity contribution is -0.140. The van der Waals surface area contributed by atoms with E-state index in [4.69, 9.17) is 23.4 Å². The normalized spacial score (nSPS) is 16.0. The average Bonchev–Trinajstić information content (AvgIpc) is 3.61. The molecule has 4 aromatic rings. The van der Waals surface area contributed by atoms with Gasteiger partial charge in [-0.15, -0.1) is 0 Å². The number of aryl methyl sites for hydroxylation is 1. The number of methoxy groups -OCH3 is 3. The van der Waals surface area contributed by atoms with Crippen LogP contribution in [-0.4, -0.2) is 43.0 Å². The summed E-state index contributed by atoms with van der Waals surface area (Å²) in [5, 5.41) is 11.5. The second-order valence-corrected chi connectivity index (χ2v) is 9.77. The quantitative estimate of drug-likeness (QED) is 0.145. The lowest BCUT2D eigenvalue weighted by Crippen LogP contribution is -2.29. The third-order valence-corrected chi connectivity index (χ3v) is 7.06.